The number of rotatable bonds is 4. The molecule has 0 N–H and O–H groups in total. The van der Waals surface area contributed by atoms with E-state index < -0.39 is 5.97 Å². The summed E-state index contributed by atoms with van der Waals surface area (Å²) in [4.78, 5) is 34.6. The number of hydrogen-bond donors (Lipinski definition) is 0. The zero-order valence-electron chi connectivity index (χ0n) is 14.1. The van der Waals surface area contributed by atoms with E-state index in [2.05, 4.69) is 14.7 Å². The number of amides is 1. The maximum atomic E-state index is 12.7. The van der Waals surface area contributed by atoms with Gasteiger partial charge in [0.15, 0.2) is 0 Å². The van der Waals surface area contributed by atoms with Crippen molar-refractivity contribution < 1.29 is 14.3 Å². The fourth-order valence-corrected chi connectivity index (χ4v) is 3.43. The van der Waals surface area contributed by atoms with Crippen molar-refractivity contribution in [3.8, 4) is 0 Å². The van der Waals surface area contributed by atoms with Gasteiger partial charge in [-0.15, -0.1) is 11.3 Å². The topological polar surface area (TPSA) is 72.4 Å². The van der Waals surface area contributed by atoms with Crippen LogP contribution in [0.5, 0.6) is 0 Å². The molecule has 0 aliphatic rings. The number of carbonyl (C=O) groups is 2. The number of hydrogen-bond acceptors (Lipinski definition) is 6. The highest BCUT2D eigenvalue weighted by Crippen LogP contribution is 2.29. The molecule has 1 atom stereocenters. The van der Waals surface area contributed by atoms with Gasteiger partial charge in [0.1, 0.15) is 16.4 Å². The van der Waals surface area contributed by atoms with Gasteiger partial charge in [0.2, 0.25) is 0 Å². The van der Waals surface area contributed by atoms with E-state index in [1.165, 1.54) is 13.2 Å². The van der Waals surface area contributed by atoms with Crippen molar-refractivity contribution in [3.63, 3.8) is 0 Å². The van der Waals surface area contributed by atoms with E-state index in [4.69, 9.17) is 0 Å². The Bertz CT molecular complexity index is 905. The molecule has 1 unspecified atom stereocenters. The molecule has 0 fully saturated rings. The molecule has 0 saturated heterocycles. The Morgan fingerprint density at radius 3 is 2.52 bits per heavy atom. The van der Waals surface area contributed by atoms with Crippen molar-refractivity contribution in [1.29, 1.82) is 0 Å². The zero-order chi connectivity index (χ0) is 18.0. The third kappa shape index (κ3) is 3.36. The standard InChI is InChI=1S/C18H17N3O3S/c1-11(16-20-12-7-4-5-10-15(12)25-16)21(2)17(22)13-8-6-9-14(19-13)18(23)24-3/h4-11H,1-3H3. The quantitative estimate of drug-likeness (QED) is 0.671. The van der Waals surface area contributed by atoms with Gasteiger partial charge in [0, 0.05) is 7.05 Å². The van der Waals surface area contributed by atoms with Gasteiger partial charge in [0.25, 0.3) is 5.91 Å². The van der Waals surface area contributed by atoms with E-state index in [-0.39, 0.29) is 23.3 Å². The van der Waals surface area contributed by atoms with Crippen LogP contribution in [0.3, 0.4) is 0 Å². The molecular weight excluding hydrogens is 338 g/mol. The highest BCUT2D eigenvalue weighted by molar-refractivity contribution is 7.18. The number of para-hydroxylation sites is 1. The molecule has 1 amide bonds. The summed E-state index contributed by atoms with van der Waals surface area (Å²) >= 11 is 1.56. The molecule has 25 heavy (non-hydrogen) atoms. The van der Waals surface area contributed by atoms with E-state index in [1.54, 1.807) is 35.4 Å². The third-order valence-electron chi connectivity index (χ3n) is 3.93. The molecule has 0 spiro atoms. The molecule has 128 valence electrons. The van der Waals surface area contributed by atoms with Crippen LogP contribution < -0.4 is 0 Å². The number of ether oxygens (including phenoxy) is 1. The van der Waals surface area contributed by atoms with Gasteiger partial charge < -0.3 is 9.64 Å². The average molecular weight is 355 g/mol. The normalized spacial score (nSPS) is 12.0. The number of esters is 1. The van der Waals surface area contributed by atoms with Crippen LogP contribution in [0.1, 0.15) is 39.0 Å². The number of aromatic nitrogens is 2. The molecular formula is C18H17N3O3S. The van der Waals surface area contributed by atoms with Crippen LogP contribution >= 0.6 is 11.3 Å². The molecule has 1 aromatic carbocycles. The van der Waals surface area contributed by atoms with Gasteiger partial charge >= 0.3 is 5.97 Å². The van der Waals surface area contributed by atoms with Gasteiger partial charge in [-0.05, 0) is 31.2 Å². The first kappa shape index (κ1) is 17.0. The fraction of sp³-hybridized carbons (Fsp3) is 0.222. The van der Waals surface area contributed by atoms with Crippen molar-refractivity contribution in [2.75, 3.05) is 14.2 Å². The molecule has 3 aromatic rings. The molecule has 0 saturated carbocycles. The van der Waals surface area contributed by atoms with Crippen LogP contribution in [0.15, 0.2) is 42.5 Å². The minimum Gasteiger partial charge on any atom is -0.464 e. The number of thiazole rings is 1. The molecule has 0 radical (unpaired) electrons. The van der Waals surface area contributed by atoms with Crippen LogP contribution in [0.25, 0.3) is 10.2 Å². The number of carbonyl (C=O) groups excluding carboxylic acids is 2. The Morgan fingerprint density at radius 2 is 1.80 bits per heavy atom. The van der Waals surface area contributed by atoms with Crippen molar-refractivity contribution in [3.05, 3.63) is 58.9 Å². The summed E-state index contributed by atoms with van der Waals surface area (Å²) in [6, 6.07) is 12.4. The van der Waals surface area contributed by atoms with Crippen LogP contribution in [0.4, 0.5) is 0 Å². The predicted molar refractivity (Wildman–Crippen MR) is 95.7 cm³/mol. The second-order valence-electron chi connectivity index (χ2n) is 5.51. The van der Waals surface area contributed by atoms with Crippen molar-refractivity contribution in [2.45, 2.75) is 13.0 Å². The maximum Gasteiger partial charge on any atom is 0.356 e. The molecule has 0 bridgehead atoms. The summed E-state index contributed by atoms with van der Waals surface area (Å²) in [6.45, 7) is 1.92. The zero-order valence-corrected chi connectivity index (χ0v) is 14.9. The van der Waals surface area contributed by atoms with Gasteiger partial charge in [-0.1, -0.05) is 18.2 Å². The molecule has 0 aliphatic carbocycles. The fourth-order valence-electron chi connectivity index (χ4n) is 2.36. The van der Waals surface area contributed by atoms with Gasteiger partial charge in [0.05, 0.1) is 23.4 Å². The monoisotopic (exact) mass is 355 g/mol. The summed E-state index contributed by atoms with van der Waals surface area (Å²) in [5.41, 5.74) is 1.22. The van der Waals surface area contributed by atoms with Crippen LogP contribution in [0, 0.1) is 0 Å². The minimum atomic E-state index is -0.573. The lowest BCUT2D eigenvalue weighted by Crippen LogP contribution is -2.30. The lowest BCUT2D eigenvalue weighted by atomic mass is 10.2. The first-order valence-corrected chi connectivity index (χ1v) is 8.51. The van der Waals surface area contributed by atoms with Crippen molar-refractivity contribution >= 4 is 33.4 Å². The van der Waals surface area contributed by atoms with Crippen molar-refractivity contribution in [1.82, 2.24) is 14.9 Å². The molecule has 6 nitrogen and oxygen atoms in total. The molecule has 2 heterocycles. The first-order valence-electron chi connectivity index (χ1n) is 7.69. The van der Waals surface area contributed by atoms with E-state index >= 15 is 0 Å². The van der Waals surface area contributed by atoms with Gasteiger partial charge in [-0.3, -0.25) is 4.79 Å². The minimum absolute atomic E-state index is 0.106. The summed E-state index contributed by atoms with van der Waals surface area (Å²) in [7, 11) is 2.98. The Labute approximate surface area is 149 Å². The number of fused-ring (bicyclic) bond motifs is 1. The van der Waals surface area contributed by atoms with Crippen LogP contribution in [-0.2, 0) is 4.74 Å². The summed E-state index contributed by atoms with van der Waals surface area (Å²) < 4.78 is 5.73. The van der Waals surface area contributed by atoms with Crippen LogP contribution in [-0.4, -0.2) is 40.9 Å². The van der Waals surface area contributed by atoms with E-state index in [0.29, 0.717) is 0 Å². The molecule has 3 rings (SSSR count). The molecule has 7 heteroatoms. The number of pyridine rings is 1. The maximum absolute atomic E-state index is 12.7. The third-order valence-corrected chi connectivity index (χ3v) is 5.14. The Kier molecular flexibility index (Phi) is 4.76. The number of benzene rings is 1. The van der Waals surface area contributed by atoms with E-state index in [9.17, 15) is 9.59 Å². The summed E-state index contributed by atoms with van der Waals surface area (Å²) in [5.74, 6) is -0.853. The molecule has 0 aliphatic heterocycles. The smallest absolute Gasteiger partial charge is 0.356 e. The first-order chi connectivity index (χ1) is 12.0. The van der Waals surface area contributed by atoms with Gasteiger partial charge in [-0.25, -0.2) is 14.8 Å². The lowest BCUT2D eigenvalue weighted by Gasteiger charge is -2.22. The Hall–Kier alpha value is -2.80. The highest BCUT2D eigenvalue weighted by Gasteiger charge is 2.23. The second-order valence-corrected chi connectivity index (χ2v) is 6.57. The van der Waals surface area contributed by atoms with Crippen molar-refractivity contribution in [2.24, 2.45) is 0 Å². The Morgan fingerprint density at radius 1 is 1.08 bits per heavy atom. The van der Waals surface area contributed by atoms with Gasteiger partial charge in [-0.2, -0.15) is 0 Å². The molecule has 2 aromatic heterocycles. The second kappa shape index (κ2) is 6.98. The van der Waals surface area contributed by atoms with E-state index in [0.717, 1.165) is 15.2 Å². The number of nitrogens with zero attached hydrogens (tertiary/aromatic N) is 3. The average Bonchev–Trinajstić information content (AvgIpc) is 3.09. The van der Waals surface area contributed by atoms with Crippen LogP contribution in [0.2, 0.25) is 0 Å². The largest absolute Gasteiger partial charge is 0.464 e. The lowest BCUT2D eigenvalue weighted by molar-refractivity contribution is 0.0593. The highest BCUT2D eigenvalue weighted by atomic mass is 32.1. The SMILES string of the molecule is COC(=O)c1cccc(C(=O)N(C)C(C)c2nc3ccccc3s2)n1. The van der Waals surface area contributed by atoms with E-state index in [1.807, 2.05) is 31.2 Å². The predicted octanol–water partition coefficient (Wildman–Crippen LogP) is 3.31. The Balaban J connectivity index is 1.85. The summed E-state index contributed by atoms with van der Waals surface area (Å²) in [6.07, 6.45) is 0. The summed E-state index contributed by atoms with van der Waals surface area (Å²) in [5, 5.41) is 0.848. The number of methoxy groups -OCH3 is 1.